The summed E-state index contributed by atoms with van der Waals surface area (Å²) in [5.41, 5.74) is 0.607. The standard InChI is InChI=1S/C14H18BrClN2O2/c1-3-20-13-11(15)4-10(16)5-12(13)18-14(19)8(2)9-6-17-7-9/h4-5,8-9,17H,3,6-7H2,1-2H3,(H,18,19). The summed E-state index contributed by atoms with van der Waals surface area (Å²) in [6, 6.07) is 3.46. The van der Waals surface area contributed by atoms with Gasteiger partial charge in [0.25, 0.3) is 0 Å². The highest BCUT2D eigenvalue weighted by Gasteiger charge is 2.29. The molecule has 0 saturated carbocycles. The number of hydrogen-bond donors (Lipinski definition) is 2. The zero-order chi connectivity index (χ0) is 14.7. The van der Waals surface area contributed by atoms with E-state index in [9.17, 15) is 4.79 Å². The number of ether oxygens (including phenoxy) is 1. The van der Waals surface area contributed by atoms with Crippen molar-refractivity contribution in [2.45, 2.75) is 13.8 Å². The van der Waals surface area contributed by atoms with Crippen molar-refractivity contribution in [3.63, 3.8) is 0 Å². The summed E-state index contributed by atoms with van der Waals surface area (Å²) >= 11 is 9.45. The highest BCUT2D eigenvalue weighted by Crippen LogP contribution is 2.37. The molecule has 1 aromatic rings. The lowest BCUT2D eigenvalue weighted by molar-refractivity contribution is -0.121. The van der Waals surface area contributed by atoms with Gasteiger partial charge in [0.05, 0.1) is 16.8 Å². The Morgan fingerprint density at radius 1 is 1.60 bits per heavy atom. The number of hydrogen-bond acceptors (Lipinski definition) is 3. The fraction of sp³-hybridized carbons (Fsp3) is 0.500. The van der Waals surface area contributed by atoms with Crippen LogP contribution in [0.1, 0.15) is 13.8 Å². The van der Waals surface area contributed by atoms with Crippen molar-refractivity contribution in [3.05, 3.63) is 21.6 Å². The quantitative estimate of drug-likeness (QED) is 0.846. The summed E-state index contributed by atoms with van der Waals surface area (Å²) in [5, 5.41) is 6.65. The third-order valence-corrected chi connectivity index (χ3v) is 4.30. The van der Waals surface area contributed by atoms with Crippen molar-refractivity contribution < 1.29 is 9.53 Å². The maximum absolute atomic E-state index is 12.3. The van der Waals surface area contributed by atoms with Crippen molar-refractivity contribution in [1.82, 2.24) is 5.32 Å². The third-order valence-electron chi connectivity index (χ3n) is 3.49. The van der Waals surface area contributed by atoms with E-state index in [-0.39, 0.29) is 11.8 Å². The second-order valence-electron chi connectivity index (χ2n) is 4.89. The number of anilines is 1. The number of benzene rings is 1. The molecule has 110 valence electrons. The monoisotopic (exact) mass is 360 g/mol. The normalized spacial score (nSPS) is 16.4. The molecule has 1 amide bonds. The van der Waals surface area contributed by atoms with E-state index in [1.165, 1.54) is 0 Å². The predicted octanol–water partition coefficient (Wildman–Crippen LogP) is 3.30. The van der Waals surface area contributed by atoms with E-state index < -0.39 is 0 Å². The first-order valence-corrected chi connectivity index (χ1v) is 7.83. The summed E-state index contributed by atoms with van der Waals surface area (Å²) in [6.45, 7) is 6.15. The minimum atomic E-state index is -0.0384. The van der Waals surface area contributed by atoms with Crippen molar-refractivity contribution in [1.29, 1.82) is 0 Å². The van der Waals surface area contributed by atoms with Crippen molar-refractivity contribution in [2.75, 3.05) is 25.0 Å². The molecule has 6 heteroatoms. The second kappa shape index (κ2) is 6.78. The molecule has 1 aliphatic rings. The van der Waals surface area contributed by atoms with Gasteiger partial charge in [-0.05, 0) is 54.0 Å². The Bertz CT molecular complexity index is 506. The van der Waals surface area contributed by atoms with E-state index >= 15 is 0 Å². The van der Waals surface area contributed by atoms with Gasteiger partial charge in [0.2, 0.25) is 5.91 Å². The van der Waals surface area contributed by atoms with Crippen LogP contribution in [0, 0.1) is 11.8 Å². The molecule has 1 aliphatic heterocycles. The van der Waals surface area contributed by atoms with Gasteiger partial charge in [-0.1, -0.05) is 18.5 Å². The summed E-state index contributed by atoms with van der Waals surface area (Å²) in [5.74, 6) is 0.965. The van der Waals surface area contributed by atoms with E-state index in [2.05, 4.69) is 26.6 Å². The summed E-state index contributed by atoms with van der Waals surface area (Å²) in [7, 11) is 0. The molecule has 1 saturated heterocycles. The molecule has 0 spiro atoms. The van der Waals surface area contributed by atoms with Crippen LogP contribution in [-0.2, 0) is 4.79 Å². The van der Waals surface area contributed by atoms with Gasteiger partial charge < -0.3 is 15.4 Å². The molecule has 20 heavy (non-hydrogen) atoms. The number of nitrogens with one attached hydrogen (secondary N) is 2. The Labute approximate surface area is 132 Å². The Kier molecular flexibility index (Phi) is 5.29. The first-order valence-electron chi connectivity index (χ1n) is 6.66. The fourth-order valence-electron chi connectivity index (χ4n) is 2.07. The zero-order valence-corrected chi connectivity index (χ0v) is 13.8. The number of halogens is 2. The van der Waals surface area contributed by atoms with E-state index in [1.807, 2.05) is 13.8 Å². The molecule has 1 heterocycles. The second-order valence-corrected chi connectivity index (χ2v) is 6.18. The van der Waals surface area contributed by atoms with E-state index in [1.54, 1.807) is 12.1 Å². The van der Waals surface area contributed by atoms with Crippen LogP contribution in [-0.4, -0.2) is 25.6 Å². The molecule has 1 aromatic carbocycles. The topological polar surface area (TPSA) is 50.4 Å². The number of carbonyl (C=O) groups is 1. The van der Waals surface area contributed by atoms with Gasteiger partial charge in [-0.15, -0.1) is 0 Å². The van der Waals surface area contributed by atoms with Gasteiger partial charge in [0.15, 0.2) is 5.75 Å². The Morgan fingerprint density at radius 2 is 2.30 bits per heavy atom. The van der Waals surface area contributed by atoms with Gasteiger partial charge in [-0.25, -0.2) is 0 Å². The lowest BCUT2D eigenvalue weighted by Gasteiger charge is -2.31. The van der Waals surface area contributed by atoms with Gasteiger partial charge >= 0.3 is 0 Å². The van der Waals surface area contributed by atoms with Crippen molar-refractivity contribution in [2.24, 2.45) is 11.8 Å². The third kappa shape index (κ3) is 3.45. The van der Waals surface area contributed by atoms with Crippen LogP contribution >= 0.6 is 27.5 Å². The summed E-state index contributed by atoms with van der Waals surface area (Å²) in [4.78, 5) is 12.3. The molecular weight excluding hydrogens is 344 g/mol. The molecule has 1 atom stereocenters. The maximum atomic E-state index is 12.3. The van der Waals surface area contributed by atoms with Crippen LogP contribution in [0.4, 0.5) is 5.69 Å². The average Bonchev–Trinajstić information content (AvgIpc) is 2.31. The molecular formula is C14H18BrClN2O2. The smallest absolute Gasteiger partial charge is 0.227 e. The molecule has 0 radical (unpaired) electrons. The molecule has 1 fully saturated rings. The highest BCUT2D eigenvalue weighted by atomic mass is 79.9. The van der Waals surface area contributed by atoms with Crippen molar-refractivity contribution in [3.8, 4) is 5.75 Å². The van der Waals surface area contributed by atoms with Gasteiger partial charge in [-0.3, -0.25) is 4.79 Å². The van der Waals surface area contributed by atoms with E-state index in [0.29, 0.717) is 29.0 Å². The van der Waals surface area contributed by atoms with Crippen LogP contribution in [0.2, 0.25) is 5.02 Å². The largest absolute Gasteiger partial charge is 0.491 e. The van der Waals surface area contributed by atoms with Gasteiger partial charge in [-0.2, -0.15) is 0 Å². The maximum Gasteiger partial charge on any atom is 0.227 e. The summed E-state index contributed by atoms with van der Waals surface area (Å²) in [6.07, 6.45) is 0. The van der Waals surface area contributed by atoms with Crippen LogP contribution in [0.25, 0.3) is 0 Å². The van der Waals surface area contributed by atoms with Crippen LogP contribution < -0.4 is 15.4 Å². The molecule has 2 N–H and O–H groups in total. The average molecular weight is 362 g/mol. The number of carbonyl (C=O) groups excluding carboxylic acids is 1. The molecule has 0 aromatic heterocycles. The number of rotatable bonds is 5. The van der Waals surface area contributed by atoms with Crippen LogP contribution in [0.3, 0.4) is 0 Å². The van der Waals surface area contributed by atoms with Crippen LogP contribution in [0.5, 0.6) is 5.75 Å². The molecule has 4 nitrogen and oxygen atoms in total. The lowest BCUT2D eigenvalue weighted by atomic mass is 9.88. The first kappa shape index (κ1) is 15.6. The SMILES string of the molecule is CCOc1c(Br)cc(Cl)cc1NC(=O)C(C)C1CNC1. The van der Waals surface area contributed by atoms with Crippen molar-refractivity contribution >= 4 is 39.1 Å². The Balaban J connectivity index is 2.16. The Morgan fingerprint density at radius 3 is 2.85 bits per heavy atom. The number of amides is 1. The summed E-state index contributed by atoms with van der Waals surface area (Å²) < 4.78 is 6.31. The molecule has 1 unspecified atom stereocenters. The molecule has 0 bridgehead atoms. The molecule has 0 aliphatic carbocycles. The van der Waals surface area contributed by atoms with E-state index in [0.717, 1.165) is 17.6 Å². The fourth-order valence-corrected chi connectivity index (χ4v) is 2.99. The van der Waals surface area contributed by atoms with E-state index in [4.69, 9.17) is 16.3 Å². The van der Waals surface area contributed by atoms with Gasteiger partial charge in [0.1, 0.15) is 0 Å². The Hall–Kier alpha value is -0.780. The lowest BCUT2D eigenvalue weighted by Crippen LogP contribution is -2.48. The first-order chi connectivity index (χ1) is 9.52. The molecule has 2 rings (SSSR count). The van der Waals surface area contributed by atoms with Gasteiger partial charge in [0, 0.05) is 10.9 Å². The van der Waals surface area contributed by atoms with Crippen LogP contribution in [0.15, 0.2) is 16.6 Å². The predicted molar refractivity (Wildman–Crippen MR) is 84.5 cm³/mol. The minimum Gasteiger partial charge on any atom is -0.491 e. The minimum absolute atomic E-state index is 0.00776. The zero-order valence-electron chi connectivity index (χ0n) is 11.5. The highest BCUT2D eigenvalue weighted by molar-refractivity contribution is 9.10.